The van der Waals surface area contributed by atoms with Crippen LogP contribution in [-0.2, 0) is 0 Å². The van der Waals surface area contributed by atoms with Crippen molar-refractivity contribution in [3.8, 4) is 0 Å². The molecule has 1 aromatic carbocycles. The molecular weight excluding hydrogens is 282 g/mol. The van der Waals surface area contributed by atoms with Crippen LogP contribution in [0.5, 0.6) is 0 Å². The second kappa shape index (κ2) is 6.38. The largest absolute Gasteiger partial charge is 0.329 e. The van der Waals surface area contributed by atoms with Crippen LogP contribution >= 0.6 is 0 Å². The Morgan fingerprint density at radius 3 is 2.86 bits per heavy atom. The maximum Gasteiger partial charge on any atom is 0.130 e. The van der Waals surface area contributed by atoms with Gasteiger partial charge in [0.25, 0.3) is 0 Å². The number of nitrogens with two attached hydrogens (primary N) is 1. The fraction of sp³-hybridized carbons (Fsp3) is 0.222. The van der Waals surface area contributed by atoms with Gasteiger partial charge in [-0.1, -0.05) is 36.5 Å². The Morgan fingerprint density at radius 1 is 1.18 bits per heavy atom. The molecule has 2 unspecified atom stereocenters. The van der Waals surface area contributed by atoms with Gasteiger partial charge in [0.15, 0.2) is 0 Å². The van der Waals surface area contributed by atoms with Crippen molar-refractivity contribution in [3.05, 3.63) is 77.4 Å². The summed E-state index contributed by atoms with van der Waals surface area (Å²) in [5.41, 5.74) is 7.99. The molecule has 0 amide bonds. The molecule has 2 aliphatic rings. The van der Waals surface area contributed by atoms with Gasteiger partial charge in [-0.05, 0) is 35.8 Å². The van der Waals surface area contributed by atoms with E-state index in [1.165, 1.54) is 11.6 Å². The predicted octanol–water partition coefficient (Wildman–Crippen LogP) is 3.09. The Kier molecular flexibility index (Phi) is 4.32. The van der Waals surface area contributed by atoms with E-state index in [1.807, 2.05) is 30.4 Å². The number of allylic oxidation sites excluding steroid dienone is 5. The molecule has 4 heteroatoms. The minimum atomic E-state index is -0.448. The average Bonchev–Trinajstić information content (AvgIpc) is 2.75. The van der Waals surface area contributed by atoms with E-state index in [1.54, 1.807) is 0 Å². The summed E-state index contributed by atoms with van der Waals surface area (Å²) in [5.74, 6) is -0.876. The van der Waals surface area contributed by atoms with E-state index in [0.29, 0.717) is 6.54 Å². The second-order valence-corrected chi connectivity index (χ2v) is 5.44. The first-order chi connectivity index (χ1) is 10.7. The summed E-state index contributed by atoms with van der Waals surface area (Å²) in [6, 6.07) is 3.31. The van der Waals surface area contributed by atoms with E-state index in [0.717, 1.165) is 24.1 Å². The molecule has 1 aliphatic carbocycles. The Morgan fingerprint density at radius 2 is 2.05 bits per heavy atom. The molecule has 1 heterocycles. The van der Waals surface area contributed by atoms with Gasteiger partial charge in [0, 0.05) is 24.2 Å². The van der Waals surface area contributed by atoms with Crippen LogP contribution in [0, 0.1) is 11.6 Å². The summed E-state index contributed by atoms with van der Waals surface area (Å²) >= 11 is 0. The lowest BCUT2D eigenvalue weighted by atomic mass is 9.98. The topological polar surface area (TPSA) is 38.0 Å². The first-order valence-electron chi connectivity index (χ1n) is 7.34. The third-order valence-corrected chi connectivity index (χ3v) is 4.00. The van der Waals surface area contributed by atoms with Gasteiger partial charge in [-0.15, -0.1) is 0 Å². The van der Waals surface area contributed by atoms with Crippen LogP contribution in [0.4, 0.5) is 8.78 Å². The number of nitrogens with one attached hydrogen (secondary N) is 1. The summed E-state index contributed by atoms with van der Waals surface area (Å²) in [7, 11) is 0. The quantitative estimate of drug-likeness (QED) is 0.900. The van der Waals surface area contributed by atoms with Crippen molar-refractivity contribution in [2.24, 2.45) is 5.73 Å². The van der Waals surface area contributed by atoms with Crippen LogP contribution in [0.2, 0.25) is 0 Å². The maximum atomic E-state index is 14.1. The summed E-state index contributed by atoms with van der Waals surface area (Å²) in [4.78, 5) is 0. The summed E-state index contributed by atoms with van der Waals surface area (Å²) < 4.78 is 27.5. The molecule has 0 aromatic heterocycles. The maximum absolute atomic E-state index is 14.1. The zero-order valence-electron chi connectivity index (χ0n) is 12.1. The number of hydrogen-bond donors (Lipinski definition) is 2. The second-order valence-electron chi connectivity index (χ2n) is 5.44. The van der Waals surface area contributed by atoms with E-state index in [9.17, 15) is 8.78 Å². The molecule has 0 saturated carbocycles. The van der Waals surface area contributed by atoms with Crippen LogP contribution in [-0.4, -0.2) is 18.6 Å². The zero-order valence-corrected chi connectivity index (χ0v) is 12.1. The lowest BCUT2D eigenvalue weighted by Gasteiger charge is -2.17. The van der Waals surface area contributed by atoms with Gasteiger partial charge in [0.2, 0.25) is 0 Å². The van der Waals surface area contributed by atoms with Gasteiger partial charge in [0.05, 0.1) is 0 Å². The molecule has 114 valence electrons. The van der Waals surface area contributed by atoms with Crippen molar-refractivity contribution >= 4 is 5.57 Å². The van der Waals surface area contributed by atoms with Crippen molar-refractivity contribution < 1.29 is 8.78 Å². The van der Waals surface area contributed by atoms with Crippen molar-refractivity contribution in [1.29, 1.82) is 0 Å². The molecule has 2 atom stereocenters. The van der Waals surface area contributed by atoms with Gasteiger partial charge in [-0.2, -0.15) is 0 Å². The first kappa shape index (κ1) is 14.9. The van der Waals surface area contributed by atoms with Gasteiger partial charge in [0.1, 0.15) is 11.6 Å². The summed E-state index contributed by atoms with van der Waals surface area (Å²) in [5, 5.41) is 3.39. The molecular formula is C18H18F2N2. The highest BCUT2D eigenvalue weighted by atomic mass is 19.1. The highest BCUT2D eigenvalue weighted by molar-refractivity contribution is 5.74. The molecule has 0 spiro atoms. The molecule has 3 N–H and O–H groups in total. The van der Waals surface area contributed by atoms with Crippen molar-refractivity contribution in [2.45, 2.75) is 18.5 Å². The third kappa shape index (κ3) is 2.93. The van der Waals surface area contributed by atoms with Crippen LogP contribution < -0.4 is 11.1 Å². The molecule has 22 heavy (non-hydrogen) atoms. The minimum absolute atomic E-state index is 0.0152. The van der Waals surface area contributed by atoms with Crippen LogP contribution in [0.25, 0.3) is 5.57 Å². The summed E-state index contributed by atoms with van der Waals surface area (Å²) in [6.07, 6.45) is 12.8. The van der Waals surface area contributed by atoms with E-state index < -0.39 is 11.6 Å². The lowest BCUT2D eigenvalue weighted by molar-refractivity contribution is 0.588. The molecule has 0 saturated heterocycles. The van der Waals surface area contributed by atoms with Gasteiger partial charge < -0.3 is 5.73 Å². The predicted molar refractivity (Wildman–Crippen MR) is 85.1 cm³/mol. The fourth-order valence-electron chi connectivity index (χ4n) is 2.88. The average molecular weight is 300 g/mol. The Balaban J connectivity index is 1.96. The standard InChI is InChI=1S/C18H18F2N2/c19-13-7-8-16(20)14(9-13)15-10-17(22-18(15)11-21)12-5-3-1-2-4-6-12/h1-5,7-10,17-18,22H,6,11,21H2. The van der Waals surface area contributed by atoms with E-state index in [-0.39, 0.29) is 17.6 Å². The van der Waals surface area contributed by atoms with Gasteiger partial charge in [-0.3, -0.25) is 5.32 Å². The normalized spacial score (nSPS) is 24.1. The molecule has 0 radical (unpaired) electrons. The molecule has 1 aliphatic heterocycles. The van der Waals surface area contributed by atoms with Crippen LogP contribution in [0.1, 0.15) is 12.0 Å². The van der Waals surface area contributed by atoms with E-state index >= 15 is 0 Å². The fourth-order valence-corrected chi connectivity index (χ4v) is 2.88. The highest BCUT2D eigenvalue weighted by Gasteiger charge is 2.28. The molecule has 2 nitrogen and oxygen atoms in total. The Labute approximate surface area is 128 Å². The van der Waals surface area contributed by atoms with Crippen molar-refractivity contribution in [3.63, 3.8) is 0 Å². The molecule has 0 bridgehead atoms. The highest BCUT2D eigenvalue weighted by Crippen LogP contribution is 2.30. The summed E-state index contributed by atoms with van der Waals surface area (Å²) in [6.45, 7) is 0.331. The first-order valence-corrected chi connectivity index (χ1v) is 7.34. The van der Waals surface area contributed by atoms with Crippen molar-refractivity contribution in [2.75, 3.05) is 6.54 Å². The van der Waals surface area contributed by atoms with Crippen LogP contribution in [0.3, 0.4) is 0 Å². The number of benzene rings is 1. The number of hydrogen-bond acceptors (Lipinski definition) is 2. The van der Waals surface area contributed by atoms with Gasteiger partial charge >= 0.3 is 0 Å². The SMILES string of the molecule is NCC1NC(C2=CC=CC=CC2)C=C1c1cc(F)ccc1F. The Hall–Kier alpha value is -2.04. The van der Waals surface area contributed by atoms with E-state index in [2.05, 4.69) is 11.4 Å². The van der Waals surface area contributed by atoms with Crippen LogP contribution in [0.15, 0.2) is 60.2 Å². The molecule has 1 aromatic rings. The van der Waals surface area contributed by atoms with Gasteiger partial charge in [-0.25, -0.2) is 8.78 Å². The number of halogens is 2. The monoisotopic (exact) mass is 300 g/mol. The van der Waals surface area contributed by atoms with E-state index in [4.69, 9.17) is 5.73 Å². The minimum Gasteiger partial charge on any atom is -0.329 e. The third-order valence-electron chi connectivity index (χ3n) is 4.00. The number of rotatable bonds is 3. The Bertz CT molecular complexity index is 686. The zero-order chi connectivity index (χ0) is 15.5. The van der Waals surface area contributed by atoms with Crippen molar-refractivity contribution in [1.82, 2.24) is 5.32 Å². The molecule has 3 rings (SSSR count). The lowest BCUT2D eigenvalue weighted by Crippen LogP contribution is -2.38. The molecule has 0 fully saturated rings. The smallest absolute Gasteiger partial charge is 0.130 e.